The smallest absolute Gasteiger partial charge is 0.251 e. The Morgan fingerprint density at radius 2 is 2.00 bits per heavy atom. The summed E-state index contributed by atoms with van der Waals surface area (Å²) >= 11 is 0. The molecule has 0 saturated carbocycles. The largest absolute Gasteiger partial charge is 0.361 e. The van der Waals surface area contributed by atoms with E-state index >= 15 is 0 Å². The molecule has 0 unspecified atom stereocenters. The molecule has 3 rings (SSSR count). The van der Waals surface area contributed by atoms with Crippen molar-refractivity contribution in [3.8, 4) is 11.5 Å². The number of nitrogens with zero attached hydrogens (tertiary/aromatic N) is 3. The Labute approximate surface area is 142 Å². The van der Waals surface area contributed by atoms with E-state index in [0.717, 1.165) is 0 Å². The number of hydrogen-bond donors (Lipinski definition) is 2. The van der Waals surface area contributed by atoms with Crippen LogP contribution in [0, 0.1) is 6.92 Å². The second kappa shape index (κ2) is 6.95. The zero-order chi connectivity index (χ0) is 17.8. The third-order valence-electron chi connectivity index (χ3n) is 3.17. The number of nitrogens with one attached hydrogen (secondary N) is 2. The van der Waals surface area contributed by atoms with E-state index in [1.54, 1.807) is 37.3 Å². The molecule has 0 spiro atoms. The van der Waals surface area contributed by atoms with Gasteiger partial charge in [0.15, 0.2) is 5.69 Å². The molecule has 2 aromatic heterocycles. The summed E-state index contributed by atoms with van der Waals surface area (Å²) in [6.45, 7) is 3.22. The van der Waals surface area contributed by atoms with Gasteiger partial charge in [0.25, 0.3) is 5.91 Å². The number of hydrogen-bond acceptors (Lipinski definition) is 7. The Hall–Kier alpha value is -3.49. The van der Waals surface area contributed by atoms with Crippen molar-refractivity contribution in [2.45, 2.75) is 20.4 Å². The molecule has 0 saturated heterocycles. The first-order chi connectivity index (χ1) is 12.0. The van der Waals surface area contributed by atoms with Gasteiger partial charge in [-0.15, -0.1) is 0 Å². The molecule has 128 valence electrons. The molecule has 0 bridgehead atoms. The van der Waals surface area contributed by atoms with Gasteiger partial charge in [-0.3, -0.25) is 9.59 Å². The quantitative estimate of drug-likeness (QED) is 0.726. The van der Waals surface area contributed by atoms with Gasteiger partial charge >= 0.3 is 0 Å². The zero-order valence-corrected chi connectivity index (χ0v) is 13.6. The fraction of sp³-hybridized carbons (Fsp3) is 0.188. The Morgan fingerprint density at radius 3 is 2.72 bits per heavy atom. The number of benzene rings is 1. The summed E-state index contributed by atoms with van der Waals surface area (Å²) in [6, 6.07) is 8.27. The molecule has 0 aliphatic rings. The summed E-state index contributed by atoms with van der Waals surface area (Å²) in [5.41, 5.74) is 1.40. The first kappa shape index (κ1) is 16.4. The SMILES string of the molecule is CC(=O)Nc1cccc(C(=O)NCc2nc(-c3cc(C)on3)no2)c1. The van der Waals surface area contributed by atoms with Crippen molar-refractivity contribution in [1.82, 2.24) is 20.6 Å². The molecule has 1 aromatic carbocycles. The number of carbonyl (C=O) groups is 2. The van der Waals surface area contributed by atoms with E-state index in [9.17, 15) is 9.59 Å². The molecule has 9 nitrogen and oxygen atoms in total. The monoisotopic (exact) mass is 341 g/mol. The molecule has 25 heavy (non-hydrogen) atoms. The molecule has 2 heterocycles. The van der Waals surface area contributed by atoms with Crippen molar-refractivity contribution >= 4 is 17.5 Å². The van der Waals surface area contributed by atoms with Gasteiger partial charge in [-0.1, -0.05) is 16.4 Å². The highest BCUT2D eigenvalue weighted by Crippen LogP contribution is 2.15. The van der Waals surface area contributed by atoms with E-state index in [1.807, 2.05) is 0 Å². The van der Waals surface area contributed by atoms with E-state index in [4.69, 9.17) is 9.05 Å². The third kappa shape index (κ3) is 4.08. The standard InChI is InChI=1S/C16H15N5O4/c1-9-6-13(20-24-9)15-19-14(25-21-15)8-17-16(23)11-4-3-5-12(7-11)18-10(2)22/h3-7H,8H2,1-2H3,(H,17,23)(H,18,22). The van der Waals surface area contributed by atoms with Crippen molar-refractivity contribution in [3.05, 3.63) is 47.5 Å². The number of anilines is 1. The summed E-state index contributed by atoms with van der Waals surface area (Å²) in [6.07, 6.45) is 0. The van der Waals surface area contributed by atoms with Gasteiger partial charge in [0.1, 0.15) is 5.76 Å². The normalized spacial score (nSPS) is 10.5. The summed E-state index contributed by atoms with van der Waals surface area (Å²) in [7, 11) is 0. The molecule has 2 amide bonds. The van der Waals surface area contributed by atoms with Crippen LogP contribution < -0.4 is 10.6 Å². The predicted octanol–water partition coefficient (Wildman–Crippen LogP) is 1.92. The number of aromatic nitrogens is 3. The van der Waals surface area contributed by atoms with Crippen LogP contribution in [0.25, 0.3) is 11.5 Å². The van der Waals surface area contributed by atoms with Crippen molar-refractivity contribution in [1.29, 1.82) is 0 Å². The van der Waals surface area contributed by atoms with E-state index in [2.05, 4.69) is 25.9 Å². The van der Waals surface area contributed by atoms with Crippen molar-refractivity contribution in [2.75, 3.05) is 5.32 Å². The van der Waals surface area contributed by atoms with Crippen LogP contribution in [-0.4, -0.2) is 27.1 Å². The lowest BCUT2D eigenvalue weighted by Gasteiger charge is -2.05. The first-order valence-electron chi connectivity index (χ1n) is 7.43. The minimum atomic E-state index is -0.329. The van der Waals surface area contributed by atoms with Crippen LogP contribution in [-0.2, 0) is 11.3 Å². The lowest BCUT2D eigenvalue weighted by molar-refractivity contribution is -0.114. The molecule has 0 radical (unpaired) electrons. The van der Waals surface area contributed by atoms with Gasteiger partial charge in [0, 0.05) is 24.2 Å². The van der Waals surface area contributed by atoms with Gasteiger partial charge in [0.05, 0.1) is 6.54 Å². The topological polar surface area (TPSA) is 123 Å². The highest BCUT2D eigenvalue weighted by Gasteiger charge is 2.14. The Balaban J connectivity index is 1.63. The molecule has 0 aliphatic heterocycles. The van der Waals surface area contributed by atoms with Crippen LogP contribution in [0.3, 0.4) is 0 Å². The molecule has 2 N–H and O–H groups in total. The fourth-order valence-corrected chi connectivity index (χ4v) is 2.10. The predicted molar refractivity (Wildman–Crippen MR) is 86.4 cm³/mol. The van der Waals surface area contributed by atoms with E-state index in [0.29, 0.717) is 22.7 Å². The maximum Gasteiger partial charge on any atom is 0.251 e. The summed E-state index contributed by atoms with van der Waals surface area (Å²) in [5.74, 6) is 0.618. The van der Waals surface area contributed by atoms with Gasteiger partial charge in [0.2, 0.25) is 17.6 Å². The zero-order valence-electron chi connectivity index (χ0n) is 13.6. The van der Waals surface area contributed by atoms with E-state index < -0.39 is 0 Å². The van der Waals surface area contributed by atoms with E-state index in [1.165, 1.54) is 6.92 Å². The van der Waals surface area contributed by atoms with E-state index in [-0.39, 0.29) is 30.1 Å². The Kier molecular flexibility index (Phi) is 4.55. The highest BCUT2D eigenvalue weighted by molar-refractivity contribution is 5.96. The minimum Gasteiger partial charge on any atom is -0.361 e. The molecule has 0 aliphatic carbocycles. The summed E-state index contributed by atoms with van der Waals surface area (Å²) in [4.78, 5) is 27.4. The number of aryl methyl sites for hydroxylation is 1. The lowest BCUT2D eigenvalue weighted by Crippen LogP contribution is -2.23. The summed E-state index contributed by atoms with van der Waals surface area (Å²) < 4.78 is 10.0. The van der Waals surface area contributed by atoms with Gasteiger partial charge in [-0.05, 0) is 25.1 Å². The van der Waals surface area contributed by atoms with Gasteiger partial charge in [-0.25, -0.2) is 0 Å². The number of amides is 2. The lowest BCUT2D eigenvalue weighted by atomic mass is 10.2. The van der Waals surface area contributed by atoms with Crippen LogP contribution in [0.15, 0.2) is 39.4 Å². The second-order valence-corrected chi connectivity index (χ2v) is 5.28. The van der Waals surface area contributed by atoms with Gasteiger partial charge in [-0.2, -0.15) is 4.98 Å². The average molecular weight is 341 g/mol. The second-order valence-electron chi connectivity index (χ2n) is 5.28. The maximum absolute atomic E-state index is 12.2. The molecular weight excluding hydrogens is 326 g/mol. The fourth-order valence-electron chi connectivity index (χ4n) is 2.10. The molecule has 0 atom stereocenters. The minimum absolute atomic E-state index is 0.0625. The molecule has 3 aromatic rings. The molecule has 0 fully saturated rings. The van der Waals surface area contributed by atoms with Crippen LogP contribution in [0.4, 0.5) is 5.69 Å². The molecule has 9 heteroatoms. The Morgan fingerprint density at radius 1 is 1.16 bits per heavy atom. The van der Waals surface area contributed by atoms with Crippen molar-refractivity contribution in [2.24, 2.45) is 0 Å². The van der Waals surface area contributed by atoms with Crippen LogP contribution in [0.2, 0.25) is 0 Å². The number of carbonyl (C=O) groups excluding carboxylic acids is 2. The Bertz CT molecular complexity index is 915. The van der Waals surface area contributed by atoms with Crippen molar-refractivity contribution < 1.29 is 18.6 Å². The average Bonchev–Trinajstić information content (AvgIpc) is 3.21. The maximum atomic E-state index is 12.2. The van der Waals surface area contributed by atoms with Crippen LogP contribution in [0.1, 0.15) is 28.9 Å². The third-order valence-corrected chi connectivity index (χ3v) is 3.17. The number of rotatable bonds is 5. The highest BCUT2D eigenvalue weighted by atomic mass is 16.5. The van der Waals surface area contributed by atoms with Gasteiger partial charge < -0.3 is 19.7 Å². The van der Waals surface area contributed by atoms with Crippen LogP contribution in [0.5, 0.6) is 0 Å². The summed E-state index contributed by atoms with van der Waals surface area (Å²) in [5, 5.41) is 12.9. The first-order valence-corrected chi connectivity index (χ1v) is 7.43. The van der Waals surface area contributed by atoms with Crippen molar-refractivity contribution in [3.63, 3.8) is 0 Å². The van der Waals surface area contributed by atoms with Crippen LogP contribution >= 0.6 is 0 Å². The molecular formula is C16H15N5O4.